The van der Waals surface area contributed by atoms with E-state index in [1.807, 2.05) is 12.3 Å². The van der Waals surface area contributed by atoms with Crippen molar-refractivity contribution < 1.29 is 0 Å². The normalized spacial score (nSPS) is 21.6. The molecule has 1 aliphatic heterocycles. The molecule has 5 rings (SSSR count). The lowest BCUT2D eigenvalue weighted by Crippen LogP contribution is -2.37. The van der Waals surface area contributed by atoms with Gasteiger partial charge in [0.25, 0.3) is 0 Å². The first-order valence-corrected chi connectivity index (χ1v) is 11.7. The fourth-order valence-corrected chi connectivity index (χ4v) is 5.91. The Balaban J connectivity index is 1.64. The highest BCUT2D eigenvalue weighted by Crippen LogP contribution is 2.44. The van der Waals surface area contributed by atoms with Crippen molar-refractivity contribution in [2.24, 2.45) is 0 Å². The zero-order chi connectivity index (χ0) is 21.5. The number of thiocarbonyl (C=S) groups is 1. The maximum Gasteiger partial charge on any atom is 0.170 e. The highest BCUT2D eigenvalue weighted by molar-refractivity contribution is 7.80. The average molecular weight is 431 g/mol. The predicted octanol–water partition coefficient (Wildman–Crippen LogP) is 5.71. The van der Waals surface area contributed by atoms with E-state index >= 15 is 0 Å². The summed E-state index contributed by atoms with van der Waals surface area (Å²) in [5.74, 6) is 0. The molecular weight excluding hydrogens is 400 g/mol. The van der Waals surface area contributed by atoms with Gasteiger partial charge in [0.05, 0.1) is 17.8 Å². The molecule has 4 nitrogen and oxygen atoms in total. The van der Waals surface area contributed by atoms with Gasteiger partial charge in [-0.1, -0.05) is 31.0 Å². The summed E-state index contributed by atoms with van der Waals surface area (Å²) in [5.41, 5.74) is 7.42. The van der Waals surface area contributed by atoms with Crippen LogP contribution < -0.4 is 5.32 Å². The van der Waals surface area contributed by atoms with Gasteiger partial charge >= 0.3 is 0 Å². The van der Waals surface area contributed by atoms with Gasteiger partial charge in [-0.05, 0) is 87.3 Å². The molecule has 0 spiro atoms. The van der Waals surface area contributed by atoms with Crippen molar-refractivity contribution in [3.05, 3.63) is 82.9 Å². The van der Waals surface area contributed by atoms with Crippen LogP contribution in [0.25, 0.3) is 5.69 Å². The minimum atomic E-state index is 0.0563. The first-order valence-electron chi connectivity index (χ1n) is 11.3. The Morgan fingerprint density at radius 3 is 2.52 bits per heavy atom. The number of aryl methyl sites for hydroxylation is 2. The van der Waals surface area contributed by atoms with Crippen LogP contribution in [0.15, 0.2) is 54.7 Å². The molecule has 3 aromatic rings. The van der Waals surface area contributed by atoms with Crippen molar-refractivity contribution in [3.63, 3.8) is 0 Å². The second-order valence-corrected chi connectivity index (χ2v) is 9.36. The predicted molar refractivity (Wildman–Crippen MR) is 130 cm³/mol. The molecule has 0 bridgehead atoms. The average Bonchev–Trinajstić information content (AvgIpc) is 3.46. The molecule has 31 heavy (non-hydrogen) atoms. The summed E-state index contributed by atoms with van der Waals surface area (Å²) in [6.07, 6.45) is 6.87. The summed E-state index contributed by atoms with van der Waals surface area (Å²) in [6, 6.07) is 18.0. The molecule has 3 heterocycles. The molecule has 1 aromatic carbocycles. The van der Waals surface area contributed by atoms with Gasteiger partial charge in [0.15, 0.2) is 5.11 Å². The SMILES string of the molecule is Cc1cccc(-n2c(C)cc([C@H]3[C@@H](c4ccccn4)NC(=S)N3C3CCCC3)c2C)c1. The van der Waals surface area contributed by atoms with Crippen LogP contribution in [0.5, 0.6) is 0 Å². The van der Waals surface area contributed by atoms with Gasteiger partial charge in [-0.2, -0.15) is 0 Å². The fraction of sp³-hybridized carbons (Fsp3) is 0.385. The second-order valence-electron chi connectivity index (χ2n) is 8.97. The Labute approximate surface area is 190 Å². The molecule has 1 saturated heterocycles. The molecule has 1 aliphatic carbocycles. The smallest absolute Gasteiger partial charge is 0.170 e. The van der Waals surface area contributed by atoms with Gasteiger partial charge in [0.1, 0.15) is 0 Å². The van der Waals surface area contributed by atoms with Crippen molar-refractivity contribution in [2.45, 2.75) is 64.6 Å². The molecule has 2 atom stereocenters. The minimum absolute atomic E-state index is 0.0563. The molecule has 2 fully saturated rings. The number of rotatable bonds is 4. The Morgan fingerprint density at radius 2 is 1.81 bits per heavy atom. The fourth-order valence-electron chi connectivity index (χ4n) is 5.53. The van der Waals surface area contributed by atoms with Gasteiger partial charge in [0.2, 0.25) is 0 Å². The van der Waals surface area contributed by atoms with E-state index in [-0.39, 0.29) is 12.1 Å². The zero-order valence-corrected chi connectivity index (χ0v) is 19.3. The third-order valence-electron chi connectivity index (χ3n) is 6.90. The summed E-state index contributed by atoms with van der Waals surface area (Å²) in [4.78, 5) is 7.20. The molecule has 1 saturated carbocycles. The van der Waals surface area contributed by atoms with Crippen molar-refractivity contribution >= 4 is 17.3 Å². The summed E-state index contributed by atoms with van der Waals surface area (Å²) in [7, 11) is 0. The number of hydrogen-bond acceptors (Lipinski definition) is 2. The van der Waals surface area contributed by atoms with Crippen molar-refractivity contribution in [1.29, 1.82) is 0 Å². The lowest BCUT2D eigenvalue weighted by Gasteiger charge is -2.33. The maximum absolute atomic E-state index is 5.90. The Hall–Kier alpha value is -2.66. The standard InChI is InChI=1S/C26H30N4S/c1-17-9-8-12-21(15-17)29-18(2)16-22(19(29)3)25-24(23-13-6-7-14-27-23)28-26(31)30(25)20-10-4-5-11-20/h6-9,12-16,20,24-25H,4-5,10-11H2,1-3H3,(H,28,31)/t24-,25+/m1/s1. The van der Waals surface area contributed by atoms with E-state index in [9.17, 15) is 0 Å². The Morgan fingerprint density at radius 1 is 1.00 bits per heavy atom. The second kappa shape index (κ2) is 8.12. The molecule has 2 aliphatic rings. The van der Waals surface area contributed by atoms with Crippen LogP contribution in [-0.2, 0) is 0 Å². The topological polar surface area (TPSA) is 33.1 Å². The van der Waals surface area contributed by atoms with Crippen LogP contribution in [0.2, 0.25) is 0 Å². The maximum atomic E-state index is 5.90. The number of aromatic nitrogens is 2. The molecular formula is C26H30N4S. The van der Waals surface area contributed by atoms with E-state index < -0.39 is 0 Å². The molecule has 1 N–H and O–H groups in total. The van der Waals surface area contributed by atoms with Crippen LogP contribution in [-0.4, -0.2) is 25.6 Å². The number of hydrogen-bond donors (Lipinski definition) is 1. The van der Waals surface area contributed by atoms with E-state index in [0.29, 0.717) is 6.04 Å². The van der Waals surface area contributed by atoms with E-state index in [0.717, 1.165) is 10.8 Å². The van der Waals surface area contributed by atoms with Gasteiger partial charge in [-0.3, -0.25) is 4.98 Å². The highest BCUT2D eigenvalue weighted by atomic mass is 32.1. The zero-order valence-electron chi connectivity index (χ0n) is 18.5. The van der Waals surface area contributed by atoms with E-state index in [4.69, 9.17) is 17.2 Å². The van der Waals surface area contributed by atoms with Crippen LogP contribution >= 0.6 is 12.2 Å². The van der Waals surface area contributed by atoms with Crippen LogP contribution in [0.1, 0.15) is 66.0 Å². The van der Waals surface area contributed by atoms with Gasteiger partial charge in [-0.15, -0.1) is 0 Å². The summed E-state index contributed by atoms with van der Waals surface area (Å²) in [6.45, 7) is 6.60. The Kier molecular flexibility index (Phi) is 5.30. The molecule has 160 valence electrons. The summed E-state index contributed by atoms with van der Waals surface area (Å²) in [5, 5.41) is 4.50. The molecule has 2 aromatic heterocycles. The minimum Gasteiger partial charge on any atom is -0.352 e. The first-order chi connectivity index (χ1) is 15.0. The Bertz CT molecular complexity index is 1100. The molecule has 0 unspecified atom stereocenters. The van der Waals surface area contributed by atoms with Crippen LogP contribution in [0.4, 0.5) is 0 Å². The van der Waals surface area contributed by atoms with E-state index in [2.05, 4.69) is 78.0 Å². The van der Waals surface area contributed by atoms with Gasteiger partial charge in [0, 0.05) is 29.3 Å². The third kappa shape index (κ3) is 3.55. The van der Waals surface area contributed by atoms with Gasteiger partial charge < -0.3 is 14.8 Å². The van der Waals surface area contributed by atoms with Crippen molar-refractivity contribution in [2.75, 3.05) is 0 Å². The largest absolute Gasteiger partial charge is 0.352 e. The summed E-state index contributed by atoms with van der Waals surface area (Å²) < 4.78 is 2.38. The first kappa shape index (κ1) is 20.3. The number of benzene rings is 1. The monoisotopic (exact) mass is 430 g/mol. The molecule has 0 radical (unpaired) electrons. The van der Waals surface area contributed by atoms with Crippen molar-refractivity contribution in [1.82, 2.24) is 19.8 Å². The quantitative estimate of drug-likeness (QED) is 0.537. The number of pyridine rings is 1. The lowest BCUT2D eigenvalue weighted by atomic mass is 9.95. The highest BCUT2D eigenvalue weighted by Gasteiger charge is 2.44. The van der Waals surface area contributed by atoms with Gasteiger partial charge in [-0.25, -0.2) is 0 Å². The van der Waals surface area contributed by atoms with Crippen LogP contribution in [0.3, 0.4) is 0 Å². The van der Waals surface area contributed by atoms with Crippen LogP contribution in [0, 0.1) is 20.8 Å². The molecule has 0 amide bonds. The van der Waals surface area contributed by atoms with E-state index in [1.165, 1.54) is 53.9 Å². The van der Waals surface area contributed by atoms with Crippen molar-refractivity contribution in [3.8, 4) is 5.69 Å². The molecule has 5 heteroatoms. The third-order valence-corrected chi connectivity index (χ3v) is 7.23. The van der Waals surface area contributed by atoms with E-state index in [1.54, 1.807) is 0 Å². The number of nitrogens with one attached hydrogen (secondary N) is 1. The number of nitrogens with zero attached hydrogens (tertiary/aromatic N) is 3. The lowest BCUT2D eigenvalue weighted by molar-refractivity contribution is 0.245. The summed E-state index contributed by atoms with van der Waals surface area (Å²) >= 11 is 5.90.